The standard InChI is InChI=1S/C15H9ClFN3O2/c16-10-3-7-12(8-4-10)20-14(13(15(21)22)18-19-20)9-1-5-11(17)6-2-9/h1-8H,(H,21,22). The molecule has 3 rings (SSSR count). The van der Waals surface area contributed by atoms with Crippen molar-refractivity contribution >= 4 is 17.6 Å². The summed E-state index contributed by atoms with van der Waals surface area (Å²) in [6.07, 6.45) is 0. The average molecular weight is 318 g/mol. The normalized spacial score (nSPS) is 10.6. The molecule has 5 nitrogen and oxygen atoms in total. The first kappa shape index (κ1) is 14.2. The molecule has 0 atom stereocenters. The van der Waals surface area contributed by atoms with Gasteiger partial charge in [0, 0.05) is 10.6 Å². The summed E-state index contributed by atoms with van der Waals surface area (Å²) < 4.78 is 14.5. The summed E-state index contributed by atoms with van der Waals surface area (Å²) in [5.74, 6) is -1.62. The first-order chi connectivity index (χ1) is 10.6. The van der Waals surface area contributed by atoms with Crippen molar-refractivity contribution in [3.8, 4) is 16.9 Å². The second-order valence-electron chi connectivity index (χ2n) is 4.49. The van der Waals surface area contributed by atoms with E-state index < -0.39 is 11.8 Å². The zero-order valence-electron chi connectivity index (χ0n) is 11.1. The number of carboxylic acids is 1. The molecule has 0 bridgehead atoms. The van der Waals surface area contributed by atoms with E-state index in [0.29, 0.717) is 16.3 Å². The smallest absolute Gasteiger partial charge is 0.358 e. The minimum atomic E-state index is -1.21. The minimum Gasteiger partial charge on any atom is -0.476 e. The highest BCUT2D eigenvalue weighted by Crippen LogP contribution is 2.26. The summed E-state index contributed by atoms with van der Waals surface area (Å²) in [6, 6.07) is 12.2. The van der Waals surface area contributed by atoms with E-state index >= 15 is 0 Å². The first-order valence-corrected chi connectivity index (χ1v) is 6.65. The number of hydrogen-bond acceptors (Lipinski definition) is 3. The molecule has 1 heterocycles. The lowest BCUT2D eigenvalue weighted by Crippen LogP contribution is -2.03. The molecule has 3 aromatic rings. The van der Waals surface area contributed by atoms with Crippen LogP contribution in [0.5, 0.6) is 0 Å². The van der Waals surface area contributed by atoms with Crippen LogP contribution in [0.1, 0.15) is 10.5 Å². The number of nitrogens with zero attached hydrogens (tertiary/aromatic N) is 3. The van der Waals surface area contributed by atoms with Gasteiger partial charge in [0.05, 0.1) is 5.69 Å². The van der Waals surface area contributed by atoms with E-state index in [1.54, 1.807) is 24.3 Å². The molecule has 1 aromatic heterocycles. The van der Waals surface area contributed by atoms with Crippen molar-refractivity contribution in [3.63, 3.8) is 0 Å². The number of benzene rings is 2. The molecule has 0 amide bonds. The van der Waals surface area contributed by atoms with Crippen LogP contribution in [0.25, 0.3) is 16.9 Å². The van der Waals surface area contributed by atoms with Gasteiger partial charge in [-0.15, -0.1) is 5.10 Å². The van der Waals surface area contributed by atoms with Crippen molar-refractivity contribution in [2.45, 2.75) is 0 Å². The van der Waals surface area contributed by atoms with Gasteiger partial charge in [-0.2, -0.15) is 0 Å². The zero-order valence-corrected chi connectivity index (χ0v) is 11.8. The number of carbonyl (C=O) groups is 1. The molecule has 0 unspecified atom stereocenters. The lowest BCUT2D eigenvalue weighted by atomic mass is 10.1. The highest BCUT2D eigenvalue weighted by atomic mass is 35.5. The summed E-state index contributed by atoms with van der Waals surface area (Å²) in [4.78, 5) is 11.3. The summed E-state index contributed by atoms with van der Waals surface area (Å²) in [7, 11) is 0. The zero-order chi connectivity index (χ0) is 15.7. The Bertz CT molecular complexity index is 829. The van der Waals surface area contributed by atoms with Crippen molar-refractivity contribution in [1.82, 2.24) is 15.0 Å². The largest absolute Gasteiger partial charge is 0.476 e. The van der Waals surface area contributed by atoms with Crippen LogP contribution in [0.15, 0.2) is 48.5 Å². The van der Waals surface area contributed by atoms with Crippen molar-refractivity contribution in [1.29, 1.82) is 0 Å². The molecule has 0 radical (unpaired) electrons. The van der Waals surface area contributed by atoms with E-state index in [2.05, 4.69) is 10.3 Å². The fourth-order valence-corrected chi connectivity index (χ4v) is 2.18. The number of rotatable bonds is 3. The van der Waals surface area contributed by atoms with Crippen molar-refractivity contribution in [2.75, 3.05) is 0 Å². The first-order valence-electron chi connectivity index (χ1n) is 6.27. The third kappa shape index (κ3) is 2.56. The van der Waals surface area contributed by atoms with E-state index in [-0.39, 0.29) is 11.4 Å². The Kier molecular flexibility index (Phi) is 3.60. The minimum absolute atomic E-state index is 0.207. The van der Waals surface area contributed by atoms with Crippen molar-refractivity contribution in [2.24, 2.45) is 0 Å². The predicted molar refractivity (Wildman–Crippen MR) is 78.7 cm³/mol. The topological polar surface area (TPSA) is 68.0 Å². The Morgan fingerprint density at radius 1 is 1.09 bits per heavy atom. The molecule has 0 saturated heterocycles. The number of hydrogen-bond donors (Lipinski definition) is 1. The van der Waals surface area contributed by atoms with Gasteiger partial charge >= 0.3 is 5.97 Å². The molecule has 0 aliphatic rings. The summed E-state index contributed by atoms with van der Waals surface area (Å²) in [5.41, 5.74) is 1.17. The maximum Gasteiger partial charge on any atom is 0.358 e. The third-order valence-electron chi connectivity index (χ3n) is 3.06. The molecule has 2 aromatic carbocycles. The fraction of sp³-hybridized carbons (Fsp3) is 0. The SMILES string of the molecule is O=C(O)c1nnn(-c2ccc(Cl)cc2)c1-c1ccc(F)cc1. The van der Waals surface area contributed by atoms with Crippen LogP contribution in [-0.4, -0.2) is 26.1 Å². The van der Waals surface area contributed by atoms with Crippen LogP contribution in [-0.2, 0) is 0 Å². The predicted octanol–water partition coefficient (Wildman–Crippen LogP) is 3.43. The number of aromatic nitrogens is 3. The monoisotopic (exact) mass is 317 g/mol. The Labute approximate surface area is 129 Å². The van der Waals surface area contributed by atoms with E-state index in [1.807, 2.05) is 0 Å². The van der Waals surface area contributed by atoms with Crippen LogP contribution < -0.4 is 0 Å². The van der Waals surface area contributed by atoms with Crippen LogP contribution in [0.4, 0.5) is 4.39 Å². The highest BCUT2D eigenvalue weighted by Gasteiger charge is 2.21. The van der Waals surface area contributed by atoms with Crippen LogP contribution in [0.2, 0.25) is 5.02 Å². The summed E-state index contributed by atoms with van der Waals surface area (Å²) in [5, 5.41) is 17.4. The lowest BCUT2D eigenvalue weighted by Gasteiger charge is -2.07. The fourth-order valence-electron chi connectivity index (χ4n) is 2.06. The van der Waals surface area contributed by atoms with Gasteiger partial charge in [-0.1, -0.05) is 16.8 Å². The Morgan fingerprint density at radius 3 is 2.32 bits per heavy atom. The van der Waals surface area contributed by atoms with E-state index in [1.165, 1.54) is 28.9 Å². The average Bonchev–Trinajstić information content (AvgIpc) is 2.94. The van der Waals surface area contributed by atoms with Gasteiger partial charge in [0.2, 0.25) is 0 Å². The van der Waals surface area contributed by atoms with E-state index in [4.69, 9.17) is 11.6 Å². The summed E-state index contributed by atoms with van der Waals surface area (Å²) >= 11 is 5.85. The second kappa shape index (κ2) is 5.57. The molecule has 0 saturated carbocycles. The Balaban J connectivity index is 2.21. The molecular weight excluding hydrogens is 309 g/mol. The molecule has 1 N–H and O–H groups in total. The van der Waals surface area contributed by atoms with Crippen molar-refractivity contribution in [3.05, 3.63) is 65.1 Å². The highest BCUT2D eigenvalue weighted by molar-refractivity contribution is 6.30. The quantitative estimate of drug-likeness (QED) is 0.803. The van der Waals surface area contributed by atoms with Gasteiger partial charge in [0.1, 0.15) is 11.5 Å². The molecule has 110 valence electrons. The van der Waals surface area contributed by atoms with Crippen LogP contribution in [0.3, 0.4) is 0 Å². The van der Waals surface area contributed by atoms with Gasteiger partial charge < -0.3 is 5.11 Å². The van der Waals surface area contributed by atoms with Gasteiger partial charge in [0.25, 0.3) is 0 Å². The Hall–Kier alpha value is -2.73. The number of carboxylic acid groups (broad SMARTS) is 1. The molecule has 0 spiro atoms. The maximum absolute atomic E-state index is 13.1. The lowest BCUT2D eigenvalue weighted by molar-refractivity contribution is 0.0691. The van der Waals surface area contributed by atoms with Crippen LogP contribution >= 0.6 is 11.6 Å². The maximum atomic E-state index is 13.1. The third-order valence-corrected chi connectivity index (χ3v) is 3.31. The second-order valence-corrected chi connectivity index (χ2v) is 4.92. The Morgan fingerprint density at radius 2 is 1.73 bits per heavy atom. The number of halogens is 2. The van der Waals surface area contributed by atoms with Gasteiger partial charge in [-0.05, 0) is 48.5 Å². The molecule has 0 fully saturated rings. The van der Waals surface area contributed by atoms with Gasteiger partial charge in [-0.25, -0.2) is 13.9 Å². The van der Waals surface area contributed by atoms with E-state index in [0.717, 1.165) is 0 Å². The molecule has 0 aliphatic heterocycles. The van der Waals surface area contributed by atoms with Crippen molar-refractivity contribution < 1.29 is 14.3 Å². The molecule has 0 aliphatic carbocycles. The number of aromatic carboxylic acids is 1. The van der Waals surface area contributed by atoms with Crippen LogP contribution in [0, 0.1) is 5.82 Å². The molecule has 22 heavy (non-hydrogen) atoms. The van der Waals surface area contributed by atoms with Gasteiger partial charge in [-0.3, -0.25) is 0 Å². The van der Waals surface area contributed by atoms with E-state index in [9.17, 15) is 14.3 Å². The summed E-state index contributed by atoms with van der Waals surface area (Å²) in [6.45, 7) is 0. The van der Waals surface area contributed by atoms with Gasteiger partial charge in [0.15, 0.2) is 5.69 Å². The molecular formula is C15H9ClFN3O2. The molecule has 7 heteroatoms.